The molecule has 1 N–H and O–H groups in total. The molecule has 4 rings (SSSR count). The molecule has 0 aromatic heterocycles. The van der Waals surface area contributed by atoms with E-state index in [4.69, 9.17) is 85.3 Å². The maximum Gasteiger partial charge on any atom is 0.337 e. The van der Waals surface area contributed by atoms with Crippen molar-refractivity contribution in [3.8, 4) is 0 Å². The lowest BCUT2D eigenvalue weighted by Crippen LogP contribution is -2.67. The minimum atomic E-state index is -1.66. The summed E-state index contributed by atoms with van der Waals surface area (Å²) in [6, 6.07) is 0. The molecule has 25 nitrogen and oxygen atoms in total. The Balaban J connectivity index is 1.72. The average Bonchev–Trinajstić information content (AvgIpc) is 3.27. The van der Waals surface area contributed by atoms with E-state index in [1.54, 1.807) is 13.8 Å². The first-order chi connectivity index (χ1) is 31.3. The number of aliphatic hydroxyl groups excluding tert-OH is 1. The summed E-state index contributed by atoms with van der Waals surface area (Å²) in [5.74, 6) is -6.39. The highest BCUT2D eigenvalue weighted by molar-refractivity contribution is 5.76. The molecule has 4 heterocycles. The number of hydrogen-bond donors (Lipinski definition) is 1. The van der Waals surface area contributed by atoms with Gasteiger partial charge in [0.05, 0.1) is 20.3 Å². The molecule has 0 radical (unpaired) electrons. The maximum atomic E-state index is 13.7. The molecule has 4 aliphatic heterocycles. The lowest BCUT2D eigenvalue weighted by molar-refractivity contribution is -0.380. The van der Waals surface area contributed by atoms with Crippen molar-refractivity contribution in [3.05, 3.63) is 0 Å². The van der Waals surface area contributed by atoms with Crippen molar-refractivity contribution >= 4 is 35.8 Å². The first kappa shape index (κ1) is 54.9. The van der Waals surface area contributed by atoms with Crippen LogP contribution in [-0.4, -0.2) is 215 Å². The lowest BCUT2D eigenvalue weighted by atomic mass is 9.89. The summed E-state index contributed by atoms with van der Waals surface area (Å²) < 4.78 is 105. The van der Waals surface area contributed by atoms with Crippen LogP contribution in [0.3, 0.4) is 0 Å². The summed E-state index contributed by atoms with van der Waals surface area (Å²) in [4.78, 5) is 75.5. The predicted molar refractivity (Wildman–Crippen MR) is 212 cm³/mol. The Hall–Kier alpha value is -3.70. The van der Waals surface area contributed by atoms with Crippen molar-refractivity contribution in [1.82, 2.24) is 0 Å². The molecule has 0 aromatic carbocycles. The average molecular weight is 957 g/mol. The monoisotopic (exact) mass is 956 g/mol. The molecule has 4 saturated heterocycles. The van der Waals surface area contributed by atoms with Gasteiger partial charge in [0.15, 0.2) is 43.5 Å². The van der Waals surface area contributed by atoms with E-state index < -0.39 is 165 Å². The molecule has 4 fully saturated rings. The van der Waals surface area contributed by atoms with Crippen molar-refractivity contribution < 1.29 is 119 Å². The summed E-state index contributed by atoms with van der Waals surface area (Å²) in [5, 5.41) is 11.0. The Bertz CT molecular complexity index is 1630. The number of rotatable bonds is 19. The second kappa shape index (κ2) is 25.1. The zero-order chi connectivity index (χ0) is 49.2. The van der Waals surface area contributed by atoms with E-state index >= 15 is 0 Å². The number of aliphatic hydroxyl groups is 1. The number of hydrogen-bond acceptors (Lipinski definition) is 25. The molecule has 378 valence electrons. The first-order valence-corrected chi connectivity index (χ1v) is 21.0. The third-order valence-electron chi connectivity index (χ3n) is 11.5. The van der Waals surface area contributed by atoms with E-state index in [1.807, 2.05) is 0 Å². The smallest absolute Gasteiger partial charge is 0.337 e. The van der Waals surface area contributed by atoms with Crippen LogP contribution in [0.5, 0.6) is 0 Å². The second-order valence-corrected chi connectivity index (χ2v) is 15.8. The Morgan fingerprint density at radius 2 is 0.864 bits per heavy atom. The quantitative estimate of drug-likeness (QED) is 0.116. The third-order valence-corrected chi connectivity index (χ3v) is 11.5. The highest BCUT2D eigenvalue weighted by atomic mass is 16.8. The van der Waals surface area contributed by atoms with E-state index in [0.717, 1.165) is 28.1 Å². The Morgan fingerprint density at radius 3 is 1.35 bits per heavy atom. The van der Waals surface area contributed by atoms with Gasteiger partial charge >= 0.3 is 35.8 Å². The zero-order valence-corrected chi connectivity index (χ0v) is 39.2. The van der Waals surface area contributed by atoms with Crippen molar-refractivity contribution in [2.75, 3.05) is 63.0 Å². The van der Waals surface area contributed by atoms with Crippen LogP contribution in [0.2, 0.25) is 0 Å². The van der Waals surface area contributed by atoms with Crippen molar-refractivity contribution in [3.63, 3.8) is 0 Å². The number of carbonyl (C=O) groups is 6. The number of methoxy groups -OCH3 is 7. The molecule has 0 bridgehead atoms. The van der Waals surface area contributed by atoms with Gasteiger partial charge in [-0.15, -0.1) is 0 Å². The fourth-order valence-electron chi connectivity index (χ4n) is 8.37. The molecule has 20 atom stereocenters. The van der Waals surface area contributed by atoms with Crippen molar-refractivity contribution in [2.45, 2.75) is 152 Å². The van der Waals surface area contributed by atoms with Crippen molar-refractivity contribution in [1.29, 1.82) is 0 Å². The minimum Gasteiger partial charge on any atom is -0.467 e. The van der Waals surface area contributed by atoms with E-state index in [1.165, 1.54) is 49.4 Å². The molecular formula is C41H64O25. The van der Waals surface area contributed by atoms with Crippen LogP contribution in [0.25, 0.3) is 0 Å². The fourth-order valence-corrected chi connectivity index (χ4v) is 8.37. The van der Waals surface area contributed by atoms with Crippen LogP contribution in [0, 0.1) is 11.8 Å². The summed E-state index contributed by atoms with van der Waals surface area (Å²) in [6.07, 6.45) is -23.8. The molecule has 0 aliphatic carbocycles. The zero-order valence-electron chi connectivity index (χ0n) is 39.2. The number of carbonyl (C=O) groups excluding carboxylic acids is 6. The number of ether oxygens (including phenoxy) is 18. The lowest BCUT2D eigenvalue weighted by Gasteiger charge is -2.51. The van der Waals surface area contributed by atoms with Crippen LogP contribution in [0.4, 0.5) is 0 Å². The van der Waals surface area contributed by atoms with Crippen LogP contribution >= 0.6 is 0 Å². The van der Waals surface area contributed by atoms with E-state index in [0.29, 0.717) is 0 Å². The van der Waals surface area contributed by atoms with Crippen molar-refractivity contribution in [2.24, 2.45) is 11.8 Å². The molecule has 0 aromatic rings. The van der Waals surface area contributed by atoms with Gasteiger partial charge < -0.3 is 90.4 Å². The van der Waals surface area contributed by atoms with Crippen LogP contribution in [0.1, 0.15) is 41.5 Å². The molecule has 0 spiro atoms. The highest BCUT2D eigenvalue weighted by Crippen LogP contribution is 2.40. The standard InChI is InChI=1S/C41H64O25/c1-16-25(22(14-56-18(3)42)61-39(55-13)27(16)59-21(6)45)62-41-35(52-10)31(50-8)32(33(66-41)37(48)54-12)65-38-17(2)26(58-20(5)44)28(23(60-38)15-57-19(4)43)63-40-34(51-9)29(49-7)24(46)30(64-40)36(47)53-11/h16-17,22-35,38-41,46H,14-15H2,1-13H3/t16-,17?,22?,23+,24+,25+,26?,27?,28+,29-,30?,31?,32-,33+,34?,35?,38+,39+,40+,41-/m0/s1. The Labute approximate surface area is 381 Å². The topological polar surface area (TPSA) is 289 Å². The Morgan fingerprint density at radius 1 is 0.424 bits per heavy atom. The van der Waals surface area contributed by atoms with Gasteiger partial charge in [0.1, 0.15) is 74.3 Å². The highest BCUT2D eigenvalue weighted by Gasteiger charge is 2.59. The van der Waals surface area contributed by atoms with Crippen LogP contribution in [-0.2, 0) is 114 Å². The van der Waals surface area contributed by atoms with E-state index in [-0.39, 0.29) is 6.61 Å². The number of esters is 6. The van der Waals surface area contributed by atoms with Gasteiger partial charge in [-0.25, -0.2) is 9.59 Å². The molecule has 66 heavy (non-hydrogen) atoms. The largest absolute Gasteiger partial charge is 0.467 e. The van der Waals surface area contributed by atoms with Gasteiger partial charge in [-0.05, 0) is 0 Å². The SMILES string of the molecule is COC(=O)C1O[C@@H](O[C@H]2C(OC(C)=O)C(C)[C@@H](O[C@H]3C(OC)C(OC)[C@@H](O[C@H]4C(COC(C)=O)O[C@@H](OC)C(OC(C)=O)[C@H]4C)O[C@H]3C(=O)OC)O[C@@H]2COC(C)=O)C(OC)[C@@H](OC)[C@H]1O. The molecule has 0 amide bonds. The maximum absolute atomic E-state index is 13.7. The third kappa shape index (κ3) is 12.9. The molecule has 0 saturated carbocycles. The van der Waals surface area contributed by atoms with Crippen LogP contribution in [0.15, 0.2) is 0 Å². The van der Waals surface area contributed by atoms with Gasteiger partial charge in [0.2, 0.25) is 0 Å². The predicted octanol–water partition coefficient (Wildman–Crippen LogP) is -1.28. The summed E-state index contributed by atoms with van der Waals surface area (Å²) >= 11 is 0. The Kier molecular flexibility index (Phi) is 20.9. The summed E-state index contributed by atoms with van der Waals surface area (Å²) in [5.41, 5.74) is 0. The van der Waals surface area contributed by atoms with Gasteiger partial charge in [-0.2, -0.15) is 0 Å². The fraction of sp³-hybridized carbons (Fsp3) is 0.854. The normalized spacial score (nSPS) is 39.2. The summed E-state index contributed by atoms with van der Waals surface area (Å²) in [7, 11) is 8.72. The van der Waals surface area contributed by atoms with E-state index in [9.17, 15) is 33.9 Å². The molecule has 25 heteroatoms. The van der Waals surface area contributed by atoms with Crippen LogP contribution < -0.4 is 0 Å². The molecule has 4 aliphatic rings. The van der Waals surface area contributed by atoms with Gasteiger partial charge in [0.25, 0.3) is 0 Å². The van der Waals surface area contributed by atoms with Gasteiger partial charge in [0, 0.05) is 75.1 Å². The molecular weight excluding hydrogens is 892 g/mol. The molecule has 8 unspecified atom stereocenters. The minimum absolute atomic E-state index is 0.319. The first-order valence-electron chi connectivity index (χ1n) is 21.0. The second-order valence-electron chi connectivity index (χ2n) is 15.8. The van der Waals surface area contributed by atoms with Gasteiger partial charge in [-0.3, -0.25) is 19.2 Å². The summed E-state index contributed by atoms with van der Waals surface area (Å²) in [6.45, 7) is 7.12. The van der Waals surface area contributed by atoms with Gasteiger partial charge in [-0.1, -0.05) is 13.8 Å². The van der Waals surface area contributed by atoms with E-state index in [2.05, 4.69) is 0 Å².